The first-order valence-electron chi connectivity index (χ1n) is 14.7. The predicted molar refractivity (Wildman–Crippen MR) is 183 cm³/mol. The van der Waals surface area contributed by atoms with E-state index in [2.05, 4.69) is 5.32 Å². The van der Waals surface area contributed by atoms with Crippen LogP contribution in [0.5, 0.6) is 5.75 Å². The van der Waals surface area contributed by atoms with E-state index in [0.717, 1.165) is 22.0 Å². The molecule has 4 aromatic carbocycles. The summed E-state index contributed by atoms with van der Waals surface area (Å²) in [6.45, 7) is 4.69. The Hall–Kier alpha value is -4.12. The van der Waals surface area contributed by atoms with E-state index < -0.39 is 45.8 Å². The average molecular weight is 701 g/mol. The normalized spacial score (nSPS) is 12.2. The molecule has 0 heterocycles. The fourth-order valence-corrected chi connectivity index (χ4v) is 6.59. The Balaban J connectivity index is 1.83. The number of hydrogen-bond donors (Lipinski definition) is 1. The molecule has 248 valence electrons. The van der Waals surface area contributed by atoms with Gasteiger partial charge in [-0.25, -0.2) is 12.8 Å². The van der Waals surface area contributed by atoms with Crippen molar-refractivity contribution in [3.63, 3.8) is 0 Å². The number of carbonyl (C=O) groups excluding carboxylic acids is 2. The third kappa shape index (κ3) is 9.47. The lowest BCUT2D eigenvalue weighted by Crippen LogP contribution is -2.56. The molecule has 4 aromatic rings. The van der Waals surface area contributed by atoms with Crippen molar-refractivity contribution in [3.05, 3.63) is 124 Å². The highest BCUT2D eigenvalue weighted by Crippen LogP contribution is 2.28. The van der Waals surface area contributed by atoms with Gasteiger partial charge in [0, 0.05) is 18.5 Å². The van der Waals surface area contributed by atoms with Crippen LogP contribution in [-0.2, 0) is 32.6 Å². The first-order chi connectivity index (χ1) is 22.2. The van der Waals surface area contributed by atoms with Gasteiger partial charge in [0.05, 0.1) is 27.7 Å². The van der Waals surface area contributed by atoms with E-state index in [1.807, 2.05) is 51.1 Å². The minimum Gasteiger partial charge on any atom is -0.497 e. The molecule has 0 saturated heterocycles. The number of halogens is 3. The molecule has 12 heteroatoms. The van der Waals surface area contributed by atoms with Crippen LogP contribution < -0.4 is 14.4 Å². The first-order valence-corrected chi connectivity index (χ1v) is 16.9. The molecule has 1 atom stereocenters. The minimum absolute atomic E-state index is 0.0591. The Morgan fingerprint density at radius 3 is 2.09 bits per heavy atom. The van der Waals surface area contributed by atoms with Crippen LogP contribution in [0.4, 0.5) is 10.1 Å². The second-order valence-electron chi connectivity index (χ2n) is 11.9. The highest BCUT2D eigenvalue weighted by Gasteiger charge is 2.35. The van der Waals surface area contributed by atoms with Crippen molar-refractivity contribution in [2.75, 3.05) is 18.0 Å². The molecular formula is C35H36Cl2FN3O5S. The smallest absolute Gasteiger partial charge is 0.264 e. The molecule has 0 fully saturated rings. The Kier molecular flexibility index (Phi) is 11.5. The molecule has 0 spiro atoms. The summed E-state index contributed by atoms with van der Waals surface area (Å²) in [5.74, 6) is -1.25. The van der Waals surface area contributed by atoms with Gasteiger partial charge in [0.15, 0.2) is 0 Å². The summed E-state index contributed by atoms with van der Waals surface area (Å²) in [7, 11) is -2.92. The minimum atomic E-state index is -4.37. The number of amides is 2. The summed E-state index contributed by atoms with van der Waals surface area (Å²) in [4.78, 5) is 29.7. The fourth-order valence-electron chi connectivity index (χ4n) is 4.85. The summed E-state index contributed by atoms with van der Waals surface area (Å²) >= 11 is 12.5. The van der Waals surface area contributed by atoms with Crippen molar-refractivity contribution >= 4 is 50.7 Å². The average Bonchev–Trinajstić information content (AvgIpc) is 3.03. The molecule has 8 nitrogen and oxygen atoms in total. The lowest BCUT2D eigenvalue weighted by molar-refractivity contribution is -0.140. The molecule has 47 heavy (non-hydrogen) atoms. The number of hydrogen-bond acceptors (Lipinski definition) is 5. The van der Waals surface area contributed by atoms with Gasteiger partial charge in [-0.3, -0.25) is 13.9 Å². The lowest BCUT2D eigenvalue weighted by Gasteiger charge is -2.35. The van der Waals surface area contributed by atoms with Crippen LogP contribution in [0.3, 0.4) is 0 Å². The topological polar surface area (TPSA) is 96.0 Å². The monoisotopic (exact) mass is 699 g/mol. The van der Waals surface area contributed by atoms with Crippen LogP contribution in [0.2, 0.25) is 10.0 Å². The summed E-state index contributed by atoms with van der Waals surface area (Å²) < 4.78 is 48.3. The lowest BCUT2D eigenvalue weighted by atomic mass is 10.0. The van der Waals surface area contributed by atoms with Gasteiger partial charge >= 0.3 is 0 Å². The summed E-state index contributed by atoms with van der Waals surface area (Å²) in [6.07, 6.45) is 0.137. The molecule has 0 radical (unpaired) electrons. The fraction of sp³-hybridized carbons (Fsp3) is 0.257. The van der Waals surface area contributed by atoms with Gasteiger partial charge in [0.2, 0.25) is 11.8 Å². The molecule has 0 aliphatic carbocycles. The van der Waals surface area contributed by atoms with E-state index in [9.17, 15) is 22.4 Å². The molecular weight excluding hydrogens is 664 g/mol. The zero-order chi connectivity index (χ0) is 34.4. The Labute approximate surface area is 285 Å². The second-order valence-corrected chi connectivity index (χ2v) is 14.6. The van der Waals surface area contributed by atoms with E-state index in [1.54, 1.807) is 18.2 Å². The van der Waals surface area contributed by atoms with E-state index in [0.29, 0.717) is 16.3 Å². The van der Waals surface area contributed by atoms with Crippen molar-refractivity contribution < 1.29 is 27.1 Å². The molecule has 0 bridgehead atoms. The highest BCUT2D eigenvalue weighted by molar-refractivity contribution is 7.92. The number of ether oxygens (including phenoxy) is 1. The second kappa shape index (κ2) is 15.2. The number of nitrogens with zero attached hydrogens (tertiary/aromatic N) is 2. The molecule has 1 N–H and O–H groups in total. The summed E-state index contributed by atoms with van der Waals surface area (Å²) in [5.41, 5.74) is 0.779. The number of nitrogens with one attached hydrogen (secondary N) is 1. The quantitative estimate of drug-likeness (QED) is 0.174. The van der Waals surface area contributed by atoms with Gasteiger partial charge in [-0.1, -0.05) is 59.6 Å². The first kappa shape index (κ1) is 35.7. The van der Waals surface area contributed by atoms with Crippen LogP contribution in [0.1, 0.15) is 31.9 Å². The maximum atomic E-state index is 14.5. The Morgan fingerprint density at radius 2 is 1.51 bits per heavy atom. The van der Waals surface area contributed by atoms with Crippen LogP contribution in [-0.4, -0.2) is 50.4 Å². The Morgan fingerprint density at radius 1 is 0.872 bits per heavy atom. The molecule has 0 aliphatic heterocycles. The number of methoxy groups -OCH3 is 1. The van der Waals surface area contributed by atoms with Crippen molar-refractivity contribution in [1.29, 1.82) is 0 Å². The van der Waals surface area contributed by atoms with Crippen molar-refractivity contribution in [2.24, 2.45) is 0 Å². The largest absolute Gasteiger partial charge is 0.497 e. The summed E-state index contributed by atoms with van der Waals surface area (Å²) in [6, 6.07) is 23.5. The van der Waals surface area contributed by atoms with Crippen molar-refractivity contribution in [2.45, 2.75) is 50.2 Å². The van der Waals surface area contributed by atoms with E-state index in [4.69, 9.17) is 27.9 Å². The third-order valence-corrected chi connectivity index (χ3v) is 9.67. The van der Waals surface area contributed by atoms with E-state index in [1.165, 1.54) is 48.4 Å². The van der Waals surface area contributed by atoms with Gasteiger partial charge in [-0.2, -0.15) is 0 Å². The SMILES string of the molecule is COc1ccc(S(=O)(=O)N(CC(=O)N(Cc2ccc(Cl)c(Cl)c2)C(Cc2ccccc2)C(=O)NC(C)(C)C)c2ccc(F)cc2)cc1. The zero-order valence-electron chi connectivity index (χ0n) is 26.4. The predicted octanol–water partition coefficient (Wildman–Crippen LogP) is 6.89. The maximum Gasteiger partial charge on any atom is 0.264 e. The number of benzene rings is 4. The van der Waals surface area contributed by atoms with Gasteiger partial charge < -0.3 is 15.0 Å². The van der Waals surface area contributed by atoms with E-state index in [-0.39, 0.29) is 28.6 Å². The number of rotatable bonds is 12. The van der Waals surface area contributed by atoms with Gasteiger partial charge in [0.1, 0.15) is 24.2 Å². The molecule has 2 amide bonds. The molecule has 0 aromatic heterocycles. The van der Waals surface area contributed by atoms with Gasteiger partial charge in [0.25, 0.3) is 10.0 Å². The number of anilines is 1. The van der Waals surface area contributed by atoms with Crippen LogP contribution in [0, 0.1) is 5.82 Å². The van der Waals surface area contributed by atoms with Crippen LogP contribution in [0.25, 0.3) is 0 Å². The van der Waals surface area contributed by atoms with Crippen molar-refractivity contribution in [3.8, 4) is 5.75 Å². The van der Waals surface area contributed by atoms with Gasteiger partial charge in [-0.15, -0.1) is 0 Å². The zero-order valence-corrected chi connectivity index (χ0v) is 28.7. The van der Waals surface area contributed by atoms with Gasteiger partial charge in [-0.05, 0) is 92.6 Å². The molecule has 0 saturated carbocycles. The molecule has 4 rings (SSSR count). The van der Waals surface area contributed by atoms with Crippen LogP contribution >= 0.6 is 23.2 Å². The number of sulfonamides is 1. The van der Waals surface area contributed by atoms with Crippen molar-refractivity contribution in [1.82, 2.24) is 10.2 Å². The standard InChI is InChI=1S/C35H36Cl2FN3O5S/c1-35(2,3)39-34(43)32(21-24-8-6-5-7-9-24)40(22-25-10-19-30(36)31(37)20-25)33(42)23-41(27-13-11-26(38)12-14-27)47(44,45)29-17-15-28(46-4)16-18-29/h5-20,32H,21-23H2,1-4H3,(H,39,43). The summed E-state index contributed by atoms with van der Waals surface area (Å²) in [5, 5.41) is 3.54. The third-order valence-electron chi connectivity index (χ3n) is 7.15. The Bertz CT molecular complexity index is 1800. The molecule has 1 unspecified atom stereocenters. The maximum absolute atomic E-state index is 14.5. The highest BCUT2D eigenvalue weighted by atomic mass is 35.5. The number of carbonyl (C=O) groups is 2. The van der Waals surface area contributed by atoms with E-state index >= 15 is 0 Å². The molecule has 0 aliphatic rings. The van der Waals surface area contributed by atoms with Crippen LogP contribution in [0.15, 0.2) is 102 Å².